The summed E-state index contributed by atoms with van der Waals surface area (Å²) in [6, 6.07) is 10.7. The summed E-state index contributed by atoms with van der Waals surface area (Å²) >= 11 is 13.6. The minimum absolute atomic E-state index is 0.123. The van der Waals surface area contributed by atoms with Crippen molar-refractivity contribution in [2.45, 2.75) is 25.3 Å². The summed E-state index contributed by atoms with van der Waals surface area (Å²) in [5, 5.41) is 10.8. The van der Waals surface area contributed by atoms with Gasteiger partial charge in [0.15, 0.2) is 0 Å². The van der Waals surface area contributed by atoms with Crippen molar-refractivity contribution in [1.82, 2.24) is 19.9 Å². The number of hydrogen-bond acceptors (Lipinski definition) is 5. The van der Waals surface area contributed by atoms with Crippen LogP contribution in [0.2, 0.25) is 10.0 Å². The number of nitrogens with one attached hydrogen (secondary N) is 3. The average Bonchev–Trinajstić information content (AvgIpc) is 3.25. The van der Waals surface area contributed by atoms with E-state index < -0.39 is 0 Å². The van der Waals surface area contributed by atoms with Gasteiger partial charge in [0, 0.05) is 40.3 Å². The predicted molar refractivity (Wildman–Crippen MR) is 137 cm³/mol. The first-order valence-electron chi connectivity index (χ1n) is 11.4. The monoisotopic (exact) mass is 517 g/mol. The number of anilines is 1. The van der Waals surface area contributed by atoms with Gasteiger partial charge in [-0.15, -0.1) is 0 Å². The van der Waals surface area contributed by atoms with Gasteiger partial charge in [0.25, 0.3) is 5.91 Å². The molecule has 3 saturated heterocycles. The Labute approximate surface area is 212 Å². The Balaban J connectivity index is 1.18. The summed E-state index contributed by atoms with van der Waals surface area (Å²) in [6.07, 6.45) is 2.81. The topological polar surface area (TPSA) is 86.4 Å². The van der Waals surface area contributed by atoms with Crippen molar-refractivity contribution in [3.8, 4) is 0 Å². The molecule has 3 aromatic rings. The van der Waals surface area contributed by atoms with Crippen molar-refractivity contribution in [3.05, 3.63) is 57.7 Å². The van der Waals surface area contributed by atoms with Crippen LogP contribution in [-0.2, 0) is 6.42 Å². The zero-order valence-electron chi connectivity index (χ0n) is 18.4. The van der Waals surface area contributed by atoms with Crippen LogP contribution in [0.4, 0.5) is 10.5 Å². The van der Waals surface area contributed by atoms with Crippen LogP contribution < -0.4 is 16.0 Å². The van der Waals surface area contributed by atoms with Crippen LogP contribution >= 0.6 is 34.7 Å². The van der Waals surface area contributed by atoms with Gasteiger partial charge >= 0.3 is 6.03 Å². The number of rotatable bonds is 6. The molecule has 3 N–H and O–H groups in total. The zero-order valence-corrected chi connectivity index (χ0v) is 20.8. The number of nitrogens with zero attached hydrogens (tertiary/aromatic N) is 2. The molecular formula is C24H25Cl2N5O2S. The highest BCUT2D eigenvalue weighted by Crippen LogP contribution is 2.30. The Morgan fingerprint density at radius 3 is 2.59 bits per heavy atom. The molecule has 1 atom stereocenters. The summed E-state index contributed by atoms with van der Waals surface area (Å²) < 4.78 is 5.25. The smallest absolute Gasteiger partial charge is 0.319 e. The summed E-state index contributed by atoms with van der Waals surface area (Å²) in [5.41, 5.74) is 1.89. The Bertz CT molecular complexity index is 1210. The van der Waals surface area contributed by atoms with Gasteiger partial charge < -0.3 is 20.9 Å². The number of piperidine rings is 3. The fourth-order valence-corrected chi connectivity index (χ4v) is 6.19. The number of hydrogen-bond donors (Lipinski definition) is 3. The van der Waals surface area contributed by atoms with Crippen LogP contribution in [0, 0.1) is 5.92 Å². The fraction of sp³-hybridized carbons (Fsp3) is 0.375. The van der Waals surface area contributed by atoms with Crippen molar-refractivity contribution in [3.63, 3.8) is 0 Å². The first-order valence-corrected chi connectivity index (χ1v) is 12.9. The van der Waals surface area contributed by atoms with Crippen LogP contribution in [0.1, 0.15) is 28.9 Å². The molecule has 0 aliphatic carbocycles. The highest BCUT2D eigenvalue weighted by molar-refractivity contribution is 7.13. The van der Waals surface area contributed by atoms with Gasteiger partial charge in [0.2, 0.25) is 0 Å². The van der Waals surface area contributed by atoms with Crippen molar-refractivity contribution >= 4 is 62.4 Å². The SMILES string of the molecule is O=C(NCCc1c(Cl)cccc1Cl)Nc1ccc2c(C(=O)N[C@@H]3CN4CCC3CC4)nsc2c1. The van der Waals surface area contributed by atoms with Gasteiger partial charge in [-0.2, -0.15) is 4.37 Å². The van der Waals surface area contributed by atoms with E-state index in [1.165, 1.54) is 11.5 Å². The second-order valence-electron chi connectivity index (χ2n) is 8.79. The average molecular weight is 518 g/mol. The van der Waals surface area contributed by atoms with Crippen LogP contribution in [0.25, 0.3) is 10.1 Å². The molecular weight excluding hydrogens is 493 g/mol. The molecule has 2 bridgehead atoms. The Hall–Kier alpha value is -2.39. The molecule has 7 nitrogen and oxygen atoms in total. The maximum Gasteiger partial charge on any atom is 0.319 e. The molecule has 0 radical (unpaired) electrons. The van der Waals surface area contributed by atoms with Crippen LogP contribution in [-0.4, -0.2) is 53.4 Å². The fourth-order valence-electron chi connectivity index (χ4n) is 4.79. The third-order valence-corrected chi connectivity index (χ3v) is 8.16. The molecule has 2 aromatic carbocycles. The first-order chi connectivity index (χ1) is 16.5. The lowest BCUT2D eigenvalue weighted by atomic mass is 9.84. The summed E-state index contributed by atoms with van der Waals surface area (Å²) in [7, 11) is 0. The van der Waals surface area contributed by atoms with Crippen LogP contribution in [0.3, 0.4) is 0 Å². The lowest BCUT2D eigenvalue weighted by Crippen LogP contribution is -2.57. The zero-order chi connectivity index (χ0) is 23.7. The second-order valence-corrected chi connectivity index (χ2v) is 10.4. The number of aromatic nitrogens is 1. The van der Waals surface area contributed by atoms with Gasteiger partial charge in [0.05, 0.1) is 4.70 Å². The number of carbonyl (C=O) groups is 2. The summed E-state index contributed by atoms with van der Waals surface area (Å²) in [4.78, 5) is 27.7. The van der Waals surface area contributed by atoms with Crippen LogP contribution in [0.15, 0.2) is 36.4 Å². The van der Waals surface area contributed by atoms with E-state index in [2.05, 4.69) is 25.2 Å². The first kappa shape index (κ1) is 23.4. The van der Waals surface area contributed by atoms with E-state index in [0.29, 0.717) is 40.3 Å². The Kier molecular flexibility index (Phi) is 6.92. The third-order valence-electron chi connectivity index (χ3n) is 6.64. The normalized spacial score (nSPS) is 21.4. The van der Waals surface area contributed by atoms with Crippen molar-refractivity contribution < 1.29 is 9.59 Å². The number of fused-ring (bicyclic) bond motifs is 4. The Morgan fingerprint density at radius 2 is 1.88 bits per heavy atom. The molecule has 0 spiro atoms. The van der Waals surface area contributed by atoms with Gasteiger partial charge in [0.1, 0.15) is 5.69 Å². The molecule has 10 heteroatoms. The van der Waals surface area contributed by atoms with Crippen molar-refractivity contribution in [2.24, 2.45) is 5.92 Å². The largest absolute Gasteiger partial charge is 0.346 e. The molecule has 3 aliphatic rings. The van der Waals surface area contributed by atoms with Crippen LogP contribution in [0.5, 0.6) is 0 Å². The summed E-state index contributed by atoms with van der Waals surface area (Å²) in [5.74, 6) is 0.434. The predicted octanol–water partition coefficient (Wildman–Crippen LogP) is 4.79. The molecule has 3 aliphatic heterocycles. The molecule has 34 heavy (non-hydrogen) atoms. The standard InChI is InChI=1S/C24H25Cl2N5O2S/c25-18-2-1-3-19(26)16(18)6-9-27-24(33)28-15-4-5-17-21(12-15)34-30-22(17)23(32)29-20-13-31-10-7-14(20)8-11-31/h1-5,12,14,20H,6-11,13H2,(H,29,32)(H2,27,28,33)/t20-/m1/s1. The molecule has 0 unspecified atom stereocenters. The van der Waals surface area contributed by atoms with E-state index in [1.54, 1.807) is 24.3 Å². The van der Waals surface area contributed by atoms with Gasteiger partial charge in [-0.3, -0.25) is 4.79 Å². The van der Waals surface area contributed by atoms with Gasteiger partial charge in [-0.05, 0) is 85.7 Å². The number of amides is 3. The van der Waals surface area contributed by atoms with E-state index >= 15 is 0 Å². The van der Waals surface area contributed by atoms with Gasteiger partial charge in [-0.1, -0.05) is 29.3 Å². The molecule has 6 rings (SSSR count). The number of urea groups is 1. The van der Waals surface area contributed by atoms with E-state index in [1.807, 2.05) is 12.1 Å². The lowest BCUT2D eigenvalue weighted by molar-refractivity contribution is 0.0619. The molecule has 1 aromatic heterocycles. The number of halogens is 2. The van der Waals surface area contributed by atoms with Crippen molar-refractivity contribution in [2.75, 3.05) is 31.5 Å². The third kappa shape index (κ3) is 5.00. The minimum atomic E-state index is -0.327. The Morgan fingerprint density at radius 1 is 1.12 bits per heavy atom. The molecule has 4 heterocycles. The van der Waals surface area contributed by atoms with E-state index in [9.17, 15) is 9.59 Å². The van der Waals surface area contributed by atoms with E-state index in [4.69, 9.17) is 23.2 Å². The van der Waals surface area contributed by atoms with E-state index in [0.717, 1.165) is 48.1 Å². The van der Waals surface area contributed by atoms with E-state index in [-0.39, 0.29) is 18.0 Å². The highest BCUT2D eigenvalue weighted by atomic mass is 35.5. The maximum absolute atomic E-state index is 12.9. The van der Waals surface area contributed by atoms with Crippen molar-refractivity contribution in [1.29, 1.82) is 0 Å². The molecule has 178 valence electrons. The molecule has 0 saturated carbocycles. The highest BCUT2D eigenvalue weighted by Gasteiger charge is 2.35. The molecule has 3 fully saturated rings. The molecule has 3 amide bonds. The van der Waals surface area contributed by atoms with Gasteiger partial charge in [-0.25, -0.2) is 4.79 Å². The summed E-state index contributed by atoms with van der Waals surface area (Å²) in [6.45, 7) is 3.58. The lowest BCUT2D eigenvalue weighted by Gasteiger charge is -2.44. The number of benzene rings is 2. The quantitative estimate of drug-likeness (QED) is 0.438. The second kappa shape index (κ2) is 10.1. The minimum Gasteiger partial charge on any atom is -0.346 e. The maximum atomic E-state index is 12.9. The number of carbonyl (C=O) groups excluding carboxylic acids is 2.